The lowest BCUT2D eigenvalue weighted by Gasteiger charge is -2.32. The van der Waals surface area contributed by atoms with Crippen molar-refractivity contribution in [3.05, 3.63) is 34.0 Å². The molecule has 0 N–H and O–H groups in total. The van der Waals surface area contributed by atoms with Crippen molar-refractivity contribution in [1.29, 1.82) is 0 Å². The predicted octanol–water partition coefficient (Wildman–Crippen LogP) is 4.52. The van der Waals surface area contributed by atoms with Crippen molar-refractivity contribution in [3.63, 3.8) is 0 Å². The SMILES string of the molecule is CCCN1C(=O)C(=C(F)B2OC(C)(C)C(C)(C)O2)c2cc(Br)ccc21. The molecular weight excluding hydrogens is 388 g/mol. The minimum Gasteiger partial charge on any atom is -0.398 e. The number of carbonyl (C=O) groups excluding carboxylic acids is 1. The number of carbonyl (C=O) groups is 1. The topological polar surface area (TPSA) is 38.8 Å². The van der Waals surface area contributed by atoms with Gasteiger partial charge in [-0.2, -0.15) is 0 Å². The Labute approximate surface area is 156 Å². The number of hydrogen-bond acceptors (Lipinski definition) is 3. The lowest BCUT2D eigenvalue weighted by atomic mass is 9.83. The van der Waals surface area contributed by atoms with E-state index in [0.717, 1.165) is 16.6 Å². The molecule has 2 heterocycles. The first-order valence-electron chi connectivity index (χ1n) is 8.46. The fraction of sp³-hybridized carbons (Fsp3) is 0.500. The Morgan fingerprint density at radius 1 is 1.24 bits per heavy atom. The van der Waals surface area contributed by atoms with Gasteiger partial charge >= 0.3 is 7.12 Å². The second kappa shape index (κ2) is 6.22. The molecule has 1 aromatic rings. The smallest absolute Gasteiger partial charge is 0.398 e. The maximum absolute atomic E-state index is 15.3. The molecule has 0 spiro atoms. The van der Waals surface area contributed by atoms with Crippen LogP contribution in [0.25, 0.3) is 5.57 Å². The van der Waals surface area contributed by atoms with E-state index < -0.39 is 24.0 Å². The Hall–Kier alpha value is -1.18. The van der Waals surface area contributed by atoms with Crippen LogP contribution < -0.4 is 4.90 Å². The molecule has 0 saturated carbocycles. The zero-order valence-corrected chi connectivity index (χ0v) is 16.7. The zero-order chi connectivity index (χ0) is 18.6. The van der Waals surface area contributed by atoms with Crippen LogP contribution in [0.5, 0.6) is 0 Å². The monoisotopic (exact) mass is 409 g/mol. The molecule has 0 atom stereocenters. The standard InChI is InChI=1S/C18H22BBrFNO3/c1-6-9-22-13-8-7-11(20)10-12(13)14(16(22)23)15(21)19-24-17(2,3)18(4,5)25-19/h7-8,10H,6,9H2,1-5H3. The molecule has 0 unspecified atom stereocenters. The van der Waals surface area contributed by atoms with E-state index in [1.807, 2.05) is 46.8 Å². The number of rotatable bonds is 3. The van der Waals surface area contributed by atoms with E-state index in [1.165, 1.54) is 0 Å². The van der Waals surface area contributed by atoms with Gasteiger partial charge in [-0.3, -0.25) is 4.79 Å². The highest BCUT2D eigenvalue weighted by Crippen LogP contribution is 2.44. The van der Waals surface area contributed by atoms with Gasteiger partial charge in [0.25, 0.3) is 5.91 Å². The lowest BCUT2D eigenvalue weighted by Crippen LogP contribution is -2.41. The van der Waals surface area contributed by atoms with Crippen LogP contribution in [0.3, 0.4) is 0 Å². The molecule has 1 fully saturated rings. The van der Waals surface area contributed by atoms with Crippen LogP contribution >= 0.6 is 15.9 Å². The minimum atomic E-state index is -1.18. The molecule has 0 aliphatic carbocycles. The Morgan fingerprint density at radius 3 is 2.40 bits per heavy atom. The van der Waals surface area contributed by atoms with Gasteiger partial charge in [0, 0.05) is 16.6 Å². The predicted molar refractivity (Wildman–Crippen MR) is 101 cm³/mol. The van der Waals surface area contributed by atoms with Crippen molar-refractivity contribution in [2.45, 2.75) is 52.2 Å². The van der Waals surface area contributed by atoms with Crippen molar-refractivity contribution in [2.75, 3.05) is 11.4 Å². The van der Waals surface area contributed by atoms with Crippen LogP contribution in [0, 0.1) is 0 Å². The van der Waals surface area contributed by atoms with Gasteiger partial charge in [0.1, 0.15) is 5.73 Å². The molecule has 0 aromatic heterocycles. The maximum atomic E-state index is 15.3. The fourth-order valence-electron chi connectivity index (χ4n) is 3.04. The highest BCUT2D eigenvalue weighted by molar-refractivity contribution is 9.10. The van der Waals surface area contributed by atoms with E-state index in [9.17, 15) is 4.79 Å². The molecule has 3 rings (SSSR count). The van der Waals surface area contributed by atoms with Gasteiger partial charge in [-0.15, -0.1) is 0 Å². The molecule has 1 saturated heterocycles. The second-order valence-corrected chi connectivity index (χ2v) is 8.35. The van der Waals surface area contributed by atoms with Gasteiger partial charge in [-0.1, -0.05) is 22.9 Å². The summed E-state index contributed by atoms with van der Waals surface area (Å²) in [6, 6.07) is 5.45. The number of anilines is 1. The van der Waals surface area contributed by atoms with Gasteiger partial charge in [-0.25, -0.2) is 4.39 Å². The van der Waals surface area contributed by atoms with Gasteiger partial charge in [-0.05, 0) is 52.3 Å². The van der Waals surface area contributed by atoms with Crippen molar-refractivity contribution >= 4 is 40.2 Å². The number of nitrogens with zero attached hydrogens (tertiary/aromatic N) is 1. The molecule has 1 amide bonds. The van der Waals surface area contributed by atoms with Gasteiger partial charge < -0.3 is 14.2 Å². The first-order valence-corrected chi connectivity index (χ1v) is 9.25. The number of benzene rings is 1. The molecule has 134 valence electrons. The molecule has 4 nitrogen and oxygen atoms in total. The van der Waals surface area contributed by atoms with E-state index in [1.54, 1.807) is 11.0 Å². The van der Waals surface area contributed by atoms with Crippen molar-refractivity contribution in [2.24, 2.45) is 0 Å². The third-order valence-electron chi connectivity index (χ3n) is 5.12. The second-order valence-electron chi connectivity index (χ2n) is 7.43. The average molecular weight is 410 g/mol. The molecule has 2 aliphatic rings. The highest BCUT2D eigenvalue weighted by Gasteiger charge is 2.54. The largest absolute Gasteiger partial charge is 0.526 e. The molecule has 1 aromatic carbocycles. The summed E-state index contributed by atoms with van der Waals surface area (Å²) in [6.45, 7) is 9.95. The summed E-state index contributed by atoms with van der Waals surface area (Å²) in [5, 5.41) is 0. The minimum absolute atomic E-state index is 0.0308. The average Bonchev–Trinajstić information content (AvgIpc) is 2.89. The fourth-order valence-corrected chi connectivity index (χ4v) is 3.41. The summed E-state index contributed by atoms with van der Waals surface area (Å²) in [6.07, 6.45) is 0.784. The van der Waals surface area contributed by atoms with E-state index >= 15 is 4.39 Å². The Bertz CT molecular complexity index is 747. The summed E-state index contributed by atoms with van der Waals surface area (Å²) in [4.78, 5) is 14.5. The van der Waals surface area contributed by atoms with E-state index in [-0.39, 0.29) is 11.5 Å². The van der Waals surface area contributed by atoms with Crippen molar-refractivity contribution in [1.82, 2.24) is 0 Å². The van der Waals surface area contributed by atoms with Crippen LogP contribution in [0.4, 0.5) is 10.1 Å². The molecule has 0 bridgehead atoms. The number of amides is 1. The first-order chi connectivity index (χ1) is 11.6. The van der Waals surface area contributed by atoms with E-state index in [0.29, 0.717) is 12.1 Å². The third-order valence-corrected chi connectivity index (χ3v) is 5.62. The maximum Gasteiger partial charge on any atom is 0.526 e. The normalized spacial score (nSPS) is 23.2. The van der Waals surface area contributed by atoms with Crippen LogP contribution in [0.15, 0.2) is 28.4 Å². The first kappa shape index (κ1) is 18.6. The summed E-state index contributed by atoms with van der Waals surface area (Å²) < 4.78 is 27.7. The molecule has 0 radical (unpaired) electrons. The van der Waals surface area contributed by atoms with E-state index in [4.69, 9.17) is 9.31 Å². The number of halogens is 2. The quantitative estimate of drug-likeness (QED) is 0.544. The summed E-state index contributed by atoms with van der Waals surface area (Å²) in [5.41, 5.74) is -0.678. The summed E-state index contributed by atoms with van der Waals surface area (Å²) in [5.74, 6) is -0.345. The van der Waals surface area contributed by atoms with Crippen molar-refractivity contribution in [3.8, 4) is 0 Å². The van der Waals surface area contributed by atoms with E-state index in [2.05, 4.69) is 15.9 Å². The molecule has 25 heavy (non-hydrogen) atoms. The highest BCUT2D eigenvalue weighted by atomic mass is 79.9. The molecule has 7 heteroatoms. The number of fused-ring (bicyclic) bond motifs is 1. The number of hydrogen-bond donors (Lipinski definition) is 0. The summed E-state index contributed by atoms with van der Waals surface area (Å²) in [7, 11) is -1.18. The van der Waals surface area contributed by atoms with Gasteiger partial charge in [0.05, 0.1) is 22.5 Å². The summed E-state index contributed by atoms with van der Waals surface area (Å²) >= 11 is 3.40. The third kappa shape index (κ3) is 2.96. The Kier molecular flexibility index (Phi) is 4.63. The lowest BCUT2D eigenvalue weighted by molar-refractivity contribution is -0.113. The van der Waals surface area contributed by atoms with Crippen LogP contribution in [-0.2, 0) is 14.1 Å². The van der Waals surface area contributed by atoms with Crippen LogP contribution in [0.1, 0.15) is 46.6 Å². The Balaban J connectivity index is 2.09. The zero-order valence-electron chi connectivity index (χ0n) is 15.2. The van der Waals surface area contributed by atoms with Crippen molar-refractivity contribution < 1.29 is 18.5 Å². The molecular formula is C18H22BBrFNO3. The Morgan fingerprint density at radius 2 is 1.84 bits per heavy atom. The molecule has 2 aliphatic heterocycles. The van der Waals surface area contributed by atoms with Crippen LogP contribution in [0.2, 0.25) is 0 Å². The van der Waals surface area contributed by atoms with Gasteiger partial charge in [0.2, 0.25) is 0 Å². The van der Waals surface area contributed by atoms with Crippen LogP contribution in [-0.4, -0.2) is 30.8 Å². The van der Waals surface area contributed by atoms with Gasteiger partial charge in [0.15, 0.2) is 0 Å².